The first kappa shape index (κ1) is 19.7. The first-order chi connectivity index (χ1) is 8.04. The Kier molecular flexibility index (Phi) is 10.2. The van der Waals surface area contributed by atoms with Gasteiger partial charge >= 0.3 is 5.97 Å². The molecule has 0 radical (unpaired) electrons. The van der Waals surface area contributed by atoms with Crippen LogP contribution in [-0.2, 0) is 19.0 Å². The van der Waals surface area contributed by atoms with Gasteiger partial charge in [0.2, 0.25) is 0 Å². The van der Waals surface area contributed by atoms with E-state index < -0.39 is 5.41 Å². The van der Waals surface area contributed by atoms with Crippen molar-refractivity contribution in [3.63, 3.8) is 0 Å². The summed E-state index contributed by atoms with van der Waals surface area (Å²) in [5.41, 5.74) is -0.105. The van der Waals surface area contributed by atoms with Crippen LogP contribution in [0.3, 0.4) is 0 Å². The molecule has 0 N–H and O–H groups in total. The molecule has 0 spiro atoms. The second-order valence-electron chi connectivity index (χ2n) is 6.29. The maximum atomic E-state index is 11.0. The molecule has 0 aromatic rings. The molecule has 0 rings (SSSR count). The summed E-state index contributed by atoms with van der Waals surface area (Å²) in [6.07, 6.45) is 0. The van der Waals surface area contributed by atoms with Gasteiger partial charge in [0, 0.05) is 13.7 Å². The average molecular weight is 262 g/mol. The number of ether oxygens (including phenoxy) is 3. The molecule has 4 nitrogen and oxygen atoms in total. The lowest BCUT2D eigenvalue weighted by molar-refractivity contribution is -0.165. The molecule has 0 aromatic heterocycles. The third-order valence-electron chi connectivity index (χ3n) is 1.67. The maximum Gasteiger partial charge on any atom is 0.313 e. The van der Waals surface area contributed by atoms with Gasteiger partial charge in [-0.15, -0.1) is 0 Å². The monoisotopic (exact) mass is 262 g/mol. The van der Waals surface area contributed by atoms with Gasteiger partial charge < -0.3 is 14.2 Å². The van der Waals surface area contributed by atoms with E-state index in [9.17, 15) is 4.79 Å². The predicted molar refractivity (Wildman–Crippen MR) is 73.4 cm³/mol. The molecular weight excluding hydrogens is 232 g/mol. The second-order valence-corrected chi connectivity index (χ2v) is 6.29. The van der Waals surface area contributed by atoms with E-state index in [2.05, 4.69) is 20.8 Å². The summed E-state index contributed by atoms with van der Waals surface area (Å²) in [5, 5.41) is 0. The summed E-state index contributed by atoms with van der Waals surface area (Å²) >= 11 is 0. The fourth-order valence-corrected chi connectivity index (χ4v) is 0.828. The lowest BCUT2D eigenvalue weighted by Crippen LogP contribution is -2.23. The zero-order valence-electron chi connectivity index (χ0n) is 13.3. The van der Waals surface area contributed by atoms with Crippen LogP contribution in [0.4, 0.5) is 0 Å². The summed E-state index contributed by atoms with van der Waals surface area (Å²) < 4.78 is 14.5. The summed E-state index contributed by atoms with van der Waals surface area (Å²) in [6.45, 7) is 15.2. The number of hydrogen-bond acceptors (Lipinski definition) is 4. The molecule has 0 aliphatic carbocycles. The van der Waals surface area contributed by atoms with Crippen molar-refractivity contribution in [2.45, 2.75) is 48.5 Å². The molecule has 0 heterocycles. The molecule has 0 saturated carbocycles. The molecule has 0 aliphatic heterocycles. The molecular formula is C14H30O4. The van der Waals surface area contributed by atoms with E-state index in [4.69, 9.17) is 14.2 Å². The molecule has 0 atom stereocenters. The Balaban J connectivity index is 0. The van der Waals surface area contributed by atoms with Gasteiger partial charge in [-0.1, -0.05) is 20.8 Å². The van der Waals surface area contributed by atoms with Gasteiger partial charge in [-0.2, -0.15) is 0 Å². The van der Waals surface area contributed by atoms with Crippen LogP contribution in [0.5, 0.6) is 0 Å². The fraction of sp³-hybridized carbons (Fsp3) is 0.929. The van der Waals surface area contributed by atoms with Crippen LogP contribution < -0.4 is 0 Å². The zero-order valence-corrected chi connectivity index (χ0v) is 13.3. The Bertz CT molecular complexity index is 211. The van der Waals surface area contributed by atoms with Crippen LogP contribution in [0.2, 0.25) is 0 Å². The molecule has 18 heavy (non-hydrogen) atoms. The normalized spacial score (nSPS) is 11.6. The number of rotatable bonds is 4. The molecule has 0 fully saturated rings. The second kappa shape index (κ2) is 9.34. The van der Waals surface area contributed by atoms with Gasteiger partial charge in [-0.25, -0.2) is 0 Å². The zero-order chi connectivity index (χ0) is 14.8. The van der Waals surface area contributed by atoms with Crippen molar-refractivity contribution in [3.8, 4) is 0 Å². The van der Waals surface area contributed by atoms with Crippen molar-refractivity contribution in [3.05, 3.63) is 0 Å². The Labute approximate surface area is 112 Å². The molecule has 0 unspecified atom stereocenters. The van der Waals surface area contributed by atoms with E-state index in [1.807, 2.05) is 6.92 Å². The van der Waals surface area contributed by atoms with Crippen molar-refractivity contribution in [2.24, 2.45) is 10.8 Å². The lowest BCUT2D eigenvalue weighted by Gasteiger charge is -2.15. The van der Waals surface area contributed by atoms with Crippen LogP contribution in [0.15, 0.2) is 0 Å². The van der Waals surface area contributed by atoms with Crippen molar-refractivity contribution < 1.29 is 19.0 Å². The van der Waals surface area contributed by atoms with Crippen LogP contribution in [0.25, 0.3) is 0 Å². The highest BCUT2D eigenvalue weighted by atomic mass is 16.7. The number of carbonyl (C=O) groups is 1. The Morgan fingerprint density at radius 2 is 1.56 bits per heavy atom. The minimum atomic E-state index is -0.433. The van der Waals surface area contributed by atoms with Gasteiger partial charge in [0.05, 0.1) is 12.0 Å². The molecule has 4 heteroatoms. The summed E-state index contributed by atoms with van der Waals surface area (Å²) in [6, 6.07) is 0. The molecule has 0 aromatic carbocycles. The molecule has 0 bridgehead atoms. The number of carbonyl (C=O) groups excluding carboxylic acids is 1. The summed E-state index contributed by atoms with van der Waals surface area (Å²) in [7, 11) is 1.73. The number of esters is 1. The number of methoxy groups -OCH3 is 1. The SMILES string of the molecule is CCOCOC(=O)C(C)(C)C.COCC(C)(C)C. The fourth-order valence-electron chi connectivity index (χ4n) is 0.828. The number of hydrogen-bond donors (Lipinski definition) is 0. The van der Waals surface area contributed by atoms with E-state index >= 15 is 0 Å². The van der Waals surface area contributed by atoms with Crippen LogP contribution in [0, 0.1) is 10.8 Å². The van der Waals surface area contributed by atoms with Gasteiger partial charge in [0.25, 0.3) is 0 Å². The summed E-state index contributed by atoms with van der Waals surface area (Å²) in [4.78, 5) is 11.0. The van der Waals surface area contributed by atoms with Crippen LogP contribution in [-0.4, -0.2) is 33.1 Å². The van der Waals surface area contributed by atoms with Gasteiger partial charge in [-0.05, 0) is 33.1 Å². The highest BCUT2D eigenvalue weighted by molar-refractivity contribution is 5.75. The molecule has 0 saturated heterocycles. The standard InChI is InChI=1S/C8H16O3.C6H14O/c1-5-10-6-11-7(9)8(2,3)4;1-6(2,3)5-7-4/h5-6H2,1-4H3;5H2,1-4H3. The maximum absolute atomic E-state index is 11.0. The van der Waals surface area contributed by atoms with E-state index in [0.717, 1.165) is 6.61 Å². The van der Waals surface area contributed by atoms with E-state index in [0.29, 0.717) is 12.0 Å². The Morgan fingerprint density at radius 1 is 1.06 bits per heavy atom. The quantitative estimate of drug-likeness (QED) is 0.443. The largest absolute Gasteiger partial charge is 0.438 e. The van der Waals surface area contributed by atoms with Gasteiger partial charge in [-0.3, -0.25) is 4.79 Å². The van der Waals surface area contributed by atoms with Crippen LogP contribution in [0.1, 0.15) is 48.5 Å². The first-order valence-electron chi connectivity index (χ1n) is 6.28. The Morgan fingerprint density at radius 3 is 1.78 bits per heavy atom. The van der Waals surface area contributed by atoms with Crippen LogP contribution >= 0.6 is 0 Å². The topological polar surface area (TPSA) is 44.8 Å². The van der Waals surface area contributed by atoms with E-state index in [1.165, 1.54) is 0 Å². The van der Waals surface area contributed by atoms with Gasteiger partial charge in [0.15, 0.2) is 6.79 Å². The van der Waals surface area contributed by atoms with Crippen molar-refractivity contribution >= 4 is 5.97 Å². The summed E-state index contributed by atoms with van der Waals surface area (Å²) in [5.74, 6) is -0.231. The first-order valence-corrected chi connectivity index (χ1v) is 6.28. The van der Waals surface area contributed by atoms with Crippen molar-refractivity contribution in [1.29, 1.82) is 0 Å². The third kappa shape index (κ3) is 15.4. The molecule has 110 valence electrons. The van der Waals surface area contributed by atoms with E-state index in [-0.39, 0.29) is 12.8 Å². The van der Waals surface area contributed by atoms with E-state index in [1.54, 1.807) is 27.9 Å². The van der Waals surface area contributed by atoms with Crippen molar-refractivity contribution in [2.75, 3.05) is 27.1 Å². The van der Waals surface area contributed by atoms with Gasteiger partial charge in [0.1, 0.15) is 0 Å². The minimum Gasteiger partial charge on any atom is -0.438 e. The molecule has 0 amide bonds. The Hall–Kier alpha value is -0.610. The highest BCUT2D eigenvalue weighted by Gasteiger charge is 2.22. The lowest BCUT2D eigenvalue weighted by atomic mass is 9.98. The molecule has 0 aliphatic rings. The smallest absolute Gasteiger partial charge is 0.313 e. The average Bonchev–Trinajstić information content (AvgIpc) is 2.15. The highest BCUT2D eigenvalue weighted by Crippen LogP contribution is 2.14. The third-order valence-corrected chi connectivity index (χ3v) is 1.67. The van der Waals surface area contributed by atoms with Crippen molar-refractivity contribution in [1.82, 2.24) is 0 Å². The predicted octanol–water partition coefficient (Wildman–Crippen LogP) is 3.25. The minimum absolute atomic E-state index is 0.0621.